The predicted octanol–water partition coefficient (Wildman–Crippen LogP) is 7.14. The van der Waals surface area contributed by atoms with E-state index in [0.29, 0.717) is 6.61 Å². The van der Waals surface area contributed by atoms with Crippen molar-refractivity contribution in [3.05, 3.63) is 72.8 Å². The molecule has 0 bridgehead atoms. The Labute approximate surface area is 176 Å². The van der Waals surface area contributed by atoms with Crippen LogP contribution in [0.1, 0.15) is 0 Å². The van der Waals surface area contributed by atoms with E-state index in [4.69, 9.17) is 14.2 Å². The highest BCUT2D eigenvalue weighted by molar-refractivity contribution is 9.09. The summed E-state index contributed by atoms with van der Waals surface area (Å²) in [5.74, 6) is 3.30. The average Bonchev–Trinajstić information content (AvgIpc) is 3.12. The standard InChI is InChI=1S/C23H19BrO3S/c1-25-19-6-4-5-16(15-19)23-22(20-7-2-3-8-21(20)28-23)27-18-11-9-17(10-12-18)26-14-13-24/h2-12,15H,13-14H2,1H3. The molecule has 0 fully saturated rings. The van der Waals surface area contributed by atoms with Crippen LogP contribution in [0.15, 0.2) is 72.8 Å². The maximum Gasteiger partial charge on any atom is 0.153 e. The fourth-order valence-electron chi connectivity index (χ4n) is 2.96. The Morgan fingerprint density at radius 1 is 0.857 bits per heavy atom. The molecule has 3 aromatic carbocycles. The summed E-state index contributed by atoms with van der Waals surface area (Å²) in [6.07, 6.45) is 0. The van der Waals surface area contributed by atoms with Crippen molar-refractivity contribution in [1.29, 1.82) is 0 Å². The summed E-state index contributed by atoms with van der Waals surface area (Å²) in [7, 11) is 1.68. The van der Waals surface area contributed by atoms with Gasteiger partial charge in [-0.2, -0.15) is 0 Å². The Morgan fingerprint density at radius 3 is 2.43 bits per heavy atom. The zero-order valence-corrected chi connectivity index (χ0v) is 17.8. The maximum atomic E-state index is 6.35. The van der Waals surface area contributed by atoms with E-state index >= 15 is 0 Å². The predicted molar refractivity (Wildman–Crippen MR) is 120 cm³/mol. The zero-order valence-electron chi connectivity index (χ0n) is 15.4. The molecule has 0 amide bonds. The van der Waals surface area contributed by atoms with Crippen molar-refractivity contribution in [3.8, 4) is 33.4 Å². The Kier molecular flexibility index (Phi) is 5.84. The summed E-state index contributed by atoms with van der Waals surface area (Å²) in [5.41, 5.74) is 1.08. The molecule has 0 spiro atoms. The van der Waals surface area contributed by atoms with Gasteiger partial charge in [0, 0.05) is 15.4 Å². The number of hydrogen-bond donors (Lipinski definition) is 0. The number of halogens is 1. The molecule has 28 heavy (non-hydrogen) atoms. The highest BCUT2D eigenvalue weighted by Gasteiger charge is 2.16. The Balaban J connectivity index is 1.73. The van der Waals surface area contributed by atoms with E-state index < -0.39 is 0 Å². The van der Waals surface area contributed by atoms with Crippen LogP contribution < -0.4 is 14.2 Å². The monoisotopic (exact) mass is 454 g/mol. The van der Waals surface area contributed by atoms with Gasteiger partial charge in [0.05, 0.1) is 18.6 Å². The van der Waals surface area contributed by atoms with E-state index in [-0.39, 0.29) is 0 Å². The molecule has 0 radical (unpaired) electrons. The van der Waals surface area contributed by atoms with Gasteiger partial charge in [0.15, 0.2) is 5.75 Å². The first kappa shape index (κ1) is 18.8. The van der Waals surface area contributed by atoms with Gasteiger partial charge in [-0.3, -0.25) is 0 Å². The third kappa shape index (κ3) is 4.01. The zero-order chi connectivity index (χ0) is 19.3. The molecule has 4 rings (SSSR count). The van der Waals surface area contributed by atoms with E-state index in [9.17, 15) is 0 Å². The number of alkyl halides is 1. The fraction of sp³-hybridized carbons (Fsp3) is 0.130. The summed E-state index contributed by atoms with van der Waals surface area (Å²) in [4.78, 5) is 1.08. The van der Waals surface area contributed by atoms with E-state index in [2.05, 4.69) is 34.1 Å². The number of hydrogen-bond acceptors (Lipinski definition) is 4. The third-order valence-electron chi connectivity index (χ3n) is 4.27. The van der Waals surface area contributed by atoms with Crippen LogP contribution in [0.3, 0.4) is 0 Å². The topological polar surface area (TPSA) is 27.7 Å². The lowest BCUT2D eigenvalue weighted by Crippen LogP contribution is -1.97. The molecule has 0 saturated carbocycles. The SMILES string of the molecule is COc1cccc(-c2sc3ccccc3c2Oc2ccc(OCCBr)cc2)c1. The second-order valence-corrected chi connectivity index (χ2v) is 7.94. The van der Waals surface area contributed by atoms with E-state index in [1.807, 2.05) is 54.6 Å². The summed E-state index contributed by atoms with van der Waals surface area (Å²) in [5, 5.41) is 1.90. The molecule has 0 unspecified atom stereocenters. The molecule has 0 saturated heterocycles. The summed E-state index contributed by atoms with van der Waals surface area (Å²) < 4.78 is 18.6. The fourth-order valence-corrected chi connectivity index (χ4v) is 4.24. The third-order valence-corrected chi connectivity index (χ3v) is 5.80. The maximum absolute atomic E-state index is 6.35. The van der Waals surface area contributed by atoms with Crippen molar-refractivity contribution in [2.75, 3.05) is 19.0 Å². The molecule has 0 aliphatic heterocycles. The van der Waals surface area contributed by atoms with Crippen molar-refractivity contribution in [2.24, 2.45) is 0 Å². The Bertz CT molecular complexity index is 1070. The number of benzene rings is 3. The molecule has 1 heterocycles. The average molecular weight is 455 g/mol. The number of rotatable bonds is 7. The van der Waals surface area contributed by atoms with Crippen LogP contribution in [0.25, 0.3) is 20.5 Å². The van der Waals surface area contributed by atoms with Crippen LogP contribution in [-0.4, -0.2) is 19.0 Å². The number of ether oxygens (including phenoxy) is 3. The van der Waals surface area contributed by atoms with Gasteiger partial charge in [-0.15, -0.1) is 11.3 Å². The largest absolute Gasteiger partial charge is 0.497 e. The van der Waals surface area contributed by atoms with Gasteiger partial charge in [-0.05, 0) is 54.1 Å². The molecule has 0 atom stereocenters. The van der Waals surface area contributed by atoms with Gasteiger partial charge in [0.2, 0.25) is 0 Å². The molecule has 3 nitrogen and oxygen atoms in total. The minimum atomic E-state index is 0.634. The van der Waals surface area contributed by atoms with Crippen LogP contribution >= 0.6 is 27.3 Å². The quantitative estimate of drug-likeness (QED) is 0.277. The lowest BCUT2D eigenvalue weighted by Gasteiger charge is -2.10. The molecule has 142 valence electrons. The minimum absolute atomic E-state index is 0.634. The smallest absolute Gasteiger partial charge is 0.153 e. The number of methoxy groups -OCH3 is 1. The molecular formula is C23H19BrO3S. The van der Waals surface area contributed by atoms with Crippen LogP contribution in [0, 0.1) is 0 Å². The van der Waals surface area contributed by atoms with Crippen LogP contribution in [0.5, 0.6) is 23.0 Å². The van der Waals surface area contributed by atoms with Crippen LogP contribution in [-0.2, 0) is 0 Å². The molecule has 0 N–H and O–H groups in total. The molecule has 0 aliphatic rings. The molecule has 1 aromatic heterocycles. The van der Waals surface area contributed by atoms with E-state index in [1.54, 1.807) is 18.4 Å². The summed E-state index contributed by atoms with van der Waals surface area (Å²) in [6.45, 7) is 0.634. The van der Waals surface area contributed by atoms with Crippen molar-refractivity contribution in [3.63, 3.8) is 0 Å². The van der Waals surface area contributed by atoms with Crippen LogP contribution in [0.2, 0.25) is 0 Å². The van der Waals surface area contributed by atoms with Crippen LogP contribution in [0.4, 0.5) is 0 Å². The highest BCUT2D eigenvalue weighted by atomic mass is 79.9. The van der Waals surface area contributed by atoms with Gasteiger partial charge in [0.25, 0.3) is 0 Å². The molecular weight excluding hydrogens is 436 g/mol. The van der Waals surface area contributed by atoms with Crippen molar-refractivity contribution in [1.82, 2.24) is 0 Å². The first-order valence-corrected chi connectivity index (χ1v) is 10.8. The van der Waals surface area contributed by atoms with Crippen molar-refractivity contribution < 1.29 is 14.2 Å². The molecule has 5 heteroatoms. The van der Waals surface area contributed by atoms with Gasteiger partial charge in [-0.25, -0.2) is 0 Å². The molecule has 0 aliphatic carbocycles. The number of fused-ring (bicyclic) bond motifs is 1. The van der Waals surface area contributed by atoms with E-state index in [0.717, 1.165) is 44.2 Å². The van der Waals surface area contributed by atoms with Gasteiger partial charge in [0.1, 0.15) is 17.2 Å². The first-order valence-electron chi connectivity index (χ1n) is 8.91. The second-order valence-electron chi connectivity index (χ2n) is 6.10. The Morgan fingerprint density at radius 2 is 1.64 bits per heavy atom. The Hall–Kier alpha value is -2.50. The normalized spacial score (nSPS) is 10.8. The lowest BCUT2D eigenvalue weighted by molar-refractivity contribution is 0.344. The summed E-state index contributed by atoms with van der Waals surface area (Å²) >= 11 is 5.09. The van der Waals surface area contributed by atoms with Gasteiger partial charge >= 0.3 is 0 Å². The van der Waals surface area contributed by atoms with Gasteiger partial charge in [-0.1, -0.05) is 40.2 Å². The van der Waals surface area contributed by atoms with E-state index in [1.165, 1.54) is 4.70 Å². The van der Waals surface area contributed by atoms with Gasteiger partial charge < -0.3 is 14.2 Å². The first-order chi connectivity index (χ1) is 13.8. The minimum Gasteiger partial charge on any atom is -0.497 e. The second kappa shape index (κ2) is 8.67. The van der Waals surface area contributed by atoms with Crippen molar-refractivity contribution in [2.45, 2.75) is 0 Å². The van der Waals surface area contributed by atoms with Crippen molar-refractivity contribution >= 4 is 37.4 Å². The lowest BCUT2D eigenvalue weighted by atomic mass is 10.1. The summed E-state index contributed by atoms with van der Waals surface area (Å²) in [6, 6.07) is 24.1. The molecule has 4 aromatic rings. The number of thiophene rings is 1. The highest BCUT2D eigenvalue weighted by Crippen LogP contribution is 2.46.